The van der Waals surface area contributed by atoms with Crippen LogP contribution in [0.3, 0.4) is 0 Å². The average Bonchev–Trinajstić information content (AvgIpc) is 2.99. The molecular weight excluding hydrogens is 256 g/mol. The van der Waals surface area contributed by atoms with E-state index in [1.54, 1.807) is 11.1 Å². The Balaban J connectivity index is 1.59. The summed E-state index contributed by atoms with van der Waals surface area (Å²) in [5.74, 6) is 0. The Bertz CT molecular complexity index is 469. The number of fused-ring (bicyclic) bond motifs is 1. The second kappa shape index (κ2) is 6.93. The van der Waals surface area contributed by atoms with Crippen LogP contribution in [0.4, 0.5) is 0 Å². The Morgan fingerprint density at radius 2 is 2.00 bits per heavy atom. The van der Waals surface area contributed by atoms with Crippen LogP contribution in [0.2, 0.25) is 0 Å². The molecule has 1 aromatic rings. The van der Waals surface area contributed by atoms with E-state index in [4.69, 9.17) is 0 Å². The van der Waals surface area contributed by atoms with Gasteiger partial charge in [-0.2, -0.15) is 0 Å². The van der Waals surface area contributed by atoms with Crippen molar-refractivity contribution in [3.8, 4) is 0 Å². The minimum Gasteiger partial charge on any atom is -0.309 e. The third-order valence-electron chi connectivity index (χ3n) is 5.44. The summed E-state index contributed by atoms with van der Waals surface area (Å²) >= 11 is 0. The summed E-state index contributed by atoms with van der Waals surface area (Å²) in [5.41, 5.74) is 4.66. The van der Waals surface area contributed by atoms with Crippen LogP contribution in [-0.4, -0.2) is 30.6 Å². The normalized spacial score (nSPS) is 24.0. The number of likely N-dealkylation sites (N-methyl/N-ethyl adjacent to an activating group) is 1. The Morgan fingerprint density at radius 1 is 1.19 bits per heavy atom. The predicted molar refractivity (Wildman–Crippen MR) is 89.8 cm³/mol. The minimum absolute atomic E-state index is 0.469. The Morgan fingerprint density at radius 3 is 2.81 bits per heavy atom. The van der Waals surface area contributed by atoms with Gasteiger partial charge in [0.15, 0.2) is 0 Å². The molecule has 0 radical (unpaired) electrons. The zero-order valence-electron chi connectivity index (χ0n) is 13.7. The van der Waals surface area contributed by atoms with Crippen molar-refractivity contribution in [1.82, 2.24) is 10.2 Å². The van der Waals surface area contributed by atoms with Gasteiger partial charge in [0.05, 0.1) is 0 Å². The molecule has 0 saturated carbocycles. The molecule has 2 heteroatoms. The zero-order chi connectivity index (χ0) is 14.7. The molecule has 1 aromatic carbocycles. The van der Waals surface area contributed by atoms with E-state index in [9.17, 15) is 0 Å². The lowest BCUT2D eigenvalue weighted by Crippen LogP contribution is -2.38. The molecule has 1 aliphatic carbocycles. The van der Waals surface area contributed by atoms with Gasteiger partial charge in [-0.3, -0.25) is 4.90 Å². The number of hydrogen-bond donors (Lipinski definition) is 1. The van der Waals surface area contributed by atoms with Crippen LogP contribution in [-0.2, 0) is 12.8 Å². The lowest BCUT2D eigenvalue weighted by atomic mass is 9.89. The van der Waals surface area contributed by atoms with Crippen LogP contribution in [0.1, 0.15) is 62.3 Å². The van der Waals surface area contributed by atoms with Crippen molar-refractivity contribution in [2.75, 3.05) is 19.6 Å². The first-order chi connectivity index (χ1) is 10.3. The lowest BCUT2D eigenvalue weighted by molar-refractivity contribution is 0.255. The van der Waals surface area contributed by atoms with Crippen LogP contribution >= 0.6 is 0 Å². The Kier molecular flexibility index (Phi) is 4.97. The van der Waals surface area contributed by atoms with Crippen molar-refractivity contribution in [3.05, 3.63) is 34.9 Å². The van der Waals surface area contributed by atoms with Crippen LogP contribution in [0.5, 0.6) is 0 Å². The van der Waals surface area contributed by atoms with Gasteiger partial charge in [0, 0.05) is 18.6 Å². The van der Waals surface area contributed by atoms with E-state index >= 15 is 0 Å². The molecule has 2 unspecified atom stereocenters. The predicted octanol–water partition coefficient (Wildman–Crippen LogP) is 3.70. The van der Waals surface area contributed by atoms with E-state index in [0.29, 0.717) is 6.04 Å². The Labute approximate surface area is 129 Å². The third-order valence-corrected chi connectivity index (χ3v) is 5.44. The molecule has 1 N–H and O–H groups in total. The van der Waals surface area contributed by atoms with Gasteiger partial charge in [0.1, 0.15) is 0 Å². The average molecular weight is 286 g/mol. The van der Waals surface area contributed by atoms with Crippen LogP contribution in [0, 0.1) is 0 Å². The van der Waals surface area contributed by atoms with Crippen molar-refractivity contribution in [3.63, 3.8) is 0 Å². The molecular formula is C19H30N2. The highest BCUT2D eigenvalue weighted by molar-refractivity contribution is 5.35. The van der Waals surface area contributed by atoms with Crippen molar-refractivity contribution >= 4 is 0 Å². The first-order valence-corrected chi connectivity index (χ1v) is 8.87. The van der Waals surface area contributed by atoms with Crippen molar-refractivity contribution in [2.24, 2.45) is 0 Å². The molecule has 1 aliphatic heterocycles. The largest absolute Gasteiger partial charge is 0.309 e. The summed E-state index contributed by atoms with van der Waals surface area (Å²) in [6.07, 6.45) is 8.03. The molecule has 0 aromatic heterocycles. The topological polar surface area (TPSA) is 15.3 Å². The summed E-state index contributed by atoms with van der Waals surface area (Å²) in [7, 11) is 0. The second-order valence-corrected chi connectivity index (χ2v) is 6.79. The van der Waals surface area contributed by atoms with Crippen LogP contribution in [0.15, 0.2) is 18.2 Å². The number of hydrogen-bond acceptors (Lipinski definition) is 2. The number of nitrogens with zero attached hydrogens (tertiary/aromatic N) is 1. The molecule has 0 bridgehead atoms. The first-order valence-electron chi connectivity index (χ1n) is 8.87. The van der Waals surface area contributed by atoms with Gasteiger partial charge < -0.3 is 5.32 Å². The maximum absolute atomic E-state index is 3.77. The quantitative estimate of drug-likeness (QED) is 0.888. The number of nitrogens with one attached hydrogen (secondary N) is 1. The Hall–Kier alpha value is -0.860. The van der Waals surface area contributed by atoms with Gasteiger partial charge in [-0.25, -0.2) is 0 Å². The molecule has 0 spiro atoms. The van der Waals surface area contributed by atoms with E-state index in [0.717, 1.165) is 12.6 Å². The first kappa shape index (κ1) is 15.1. The molecule has 1 heterocycles. The van der Waals surface area contributed by atoms with Gasteiger partial charge in [0.25, 0.3) is 0 Å². The molecule has 2 atom stereocenters. The highest BCUT2D eigenvalue weighted by atomic mass is 15.2. The maximum atomic E-state index is 3.77. The summed E-state index contributed by atoms with van der Waals surface area (Å²) in [5, 5.41) is 3.77. The molecule has 2 aliphatic rings. The number of benzene rings is 1. The fraction of sp³-hybridized carbons (Fsp3) is 0.684. The standard InChI is InChI=1S/C19H30N2/c1-3-21-12-6-9-19(21)14-20-15(2)17-11-10-16-7-4-5-8-18(16)13-17/h10-11,13,15,19-20H,3-9,12,14H2,1-2H3. The van der Waals surface area contributed by atoms with E-state index in [1.165, 1.54) is 57.2 Å². The smallest absolute Gasteiger partial charge is 0.0292 e. The van der Waals surface area contributed by atoms with Gasteiger partial charge in [-0.15, -0.1) is 0 Å². The summed E-state index contributed by atoms with van der Waals surface area (Å²) < 4.78 is 0. The molecule has 0 amide bonds. The van der Waals surface area contributed by atoms with Gasteiger partial charge in [-0.1, -0.05) is 25.1 Å². The van der Waals surface area contributed by atoms with Crippen molar-refractivity contribution in [2.45, 2.75) is 64.5 Å². The molecule has 3 rings (SSSR count). The van der Waals surface area contributed by atoms with Gasteiger partial charge in [0.2, 0.25) is 0 Å². The summed E-state index contributed by atoms with van der Waals surface area (Å²) in [4.78, 5) is 2.62. The highest BCUT2D eigenvalue weighted by Gasteiger charge is 2.23. The zero-order valence-corrected chi connectivity index (χ0v) is 13.7. The van der Waals surface area contributed by atoms with Gasteiger partial charge >= 0.3 is 0 Å². The summed E-state index contributed by atoms with van der Waals surface area (Å²) in [6, 6.07) is 8.38. The van der Waals surface area contributed by atoms with E-state index in [-0.39, 0.29) is 0 Å². The van der Waals surface area contributed by atoms with Crippen LogP contribution < -0.4 is 5.32 Å². The monoisotopic (exact) mass is 286 g/mol. The third kappa shape index (κ3) is 3.49. The fourth-order valence-corrected chi connectivity index (χ4v) is 4.00. The molecule has 116 valence electrons. The maximum Gasteiger partial charge on any atom is 0.0292 e. The summed E-state index contributed by atoms with van der Waals surface area (Å²) in [6.45, 7) is 8.21. The van der Waals surface area contributed by atoms with E-state index in [1.807, 2.05) is 0 Å². The van der Waals surface area contributed by atoms with E-state index in [2.05, 4.69) is 42.3 Å². The SMILES string of the molecule is CCN1CCCC1CNC(C)c1ccc2c(c1)CCCC2. The number of rotatable bonds is 5. The van der Waals surface area contributed by atoms with Gasteiger partial charge in [-0.05, 0) is 75.2 Å². The van der Waals surface area contributed by atoms with Crippen LogP contribution in [0.25, 0.3) is 0 Å². The van der Waals surface area contributed by atoms with Crippen molar-refractivity contribution < 1.29 is 0 Å². The molecule has 2 nitrogen and oxygen atoms in total. The highest BCUT2D eigenvalue weighted by Crippen LogP contribution is 2.25. The van der Waals surface area contributed by atoms with E-state index < -0.39 is 0 Å². The number of aryl methyl sites for hydroxylation is 2. The minimum atomic E-state index is 0.469. The molecule has 21 heavy (non-hydrogen) atoms. The lowest BCUT2D eigenvalue weighted by Gasteiger charge is -2.26. The molecule has 1 saturated heterocycles. The molecule has 1 fully saturated rings. The fourth-order valence-electron chi connectivity index (χ4n) is 4.00. The second-order valence-electron chi connectivity index (χ2n) is 6.79. The van der Waals surface area contributed by atoms with Crippen molar-refractivity contribution in [1.29, 1.82) is 0 Å². The number of likely N-dealkylation sites (tertiary alicyclic amines) is 1.